The van der Waals surface area contributed by atoms with E-state index in [0.717, 1.165) is 30.4 Å². The van der Waals surface area contributed by atoms with Crippen LogP contribution in [0.1, 0.15) is 23.6 Å². The van der Waals surface area contributed by atoms with Gasteiger partial charge in [0, 0.05) is 27.8 Å². The fourth-order valence-corrected chi connectivity index (χ4v) is 3.96. The lowest BCUT2D eigenvalue weighted by Crippen LogP contribution is -2.26. The van der Waals surface area contributed by atoms with Crippen LogP contribution in [0.2, 0.25) is 0 Å². The summed E-state index contributed by atoms with van der Waals surface area (Å²) in [5.74, 6) is 0.267. The first kappa shape index (κ1) is 16.4. The van der Waals surface area contributed by atoms with Crippen LogP contribution >= 0.6 is 27.3 Å². The Kier molecular flexibility index (Phi) is 5.24. The lowest BCUT2D eigenvalue weighted by molar-refractivity contribution is -0.116. The predicted octanol–water partition coefficient (Wildman–Crippen LogP) is 2.17. The highest BCUT2D eigenvalue weighted by Gasteiger charge is 2.18. The van der Waals surface area contributed by atoms with E-state index in [-0.39, 0.29) is 18.0 Å². The van der Waals surface area contributed by atoms with E-state index >= 15 is 0 Å². The van der Waals surface area contributed by atoms with Crippen molar-refractivity contribution in [2.24, 2.45) is 0 Å². The van der Waals surface area contributed by atoms with E-state index in [1.54, 1.807) is 12.3 Å². The number of carbonyl (C=O) groups excluding carboxylic acids is 1. The maximum atomic E-state index is 12.1. The van der Waals surface area contributed by atoms with Gasteiger partial charge < -0.3 is 15.2 Å². The third-order valence-corrected chi connectivity index (χ3v) is 5.32. The molecule has 2 aromatic heterocycles. The molecule has 122 valence electrons. The number of halogens is 1. The van der Waals surface area contributed by atoms with Crippen molar-refractivity contribution in [2.75, 3.05) is 18.4 Å². The van der Waals surface area contributed by atoms with E-state index in [2.05, 4.69) is 31.5 Å². The standard InChI is InChI=1S/C15H17BrN4O2S/c16-11-1-2-14(22)20(8-11)9-13(21)19-15-18-7-12(23-15)10-3-5-17-6-4-10/h1-2,7-8,10,17H,3-6,9H2,(H,18,19,21). The van der Waals surface area contributed by atoms with Gasteiger partial charge in [0.05, 0.1) is 0 Å². The Hall–Kier alpha value is -1.51. The highest BCUT2D eigenvalue weighted by molar-refractivity contribution is 9.10. The number of hydrogen-bond acceptors (Lipinski definition) is 5. The molecule has 1 aliphatic rings. The first-order valence-electron chi connectivity index (χ1n) is 7.44. The van der Waals surface area contributed by atoms with Crippen LogP contribution in [0.4, 0.5) is 5.13 Å². The molecule has 0 bridgehead atoms. The summed E-state index contributed by atoms with van der Waals surface area (Å²) in [7, 11) is 0. The summed E-state index contributed by atoms with van der Waals surface area (Å²) in [4.78, 5) is 29.3. The van der Waals surface area contributed by atoms with Gasteiger partial charge in [-0.05, 0) is 53.8 Å². The molecule has 0 aliphatic carbocycles. The Bertz CT molecular complexity index is 752. The second kappa shape index (κ2) is 7.37. The first-order valence-corrected chi connectivity index (χ1v) is 9.05. The number of pyridine rings is 1. The van der Waals surface area contributed by atoms with E-state index in [1.807, 2.05) is 6.20 Å². The second-order valence-electron chi connectivity index (χ2n) is 5.45. The Morgan fingerprint density at radius 2 is 2.22 bits per heavy atom. The van der Waals surface area contributed by atoms with Gasteiger partial charge in [0.15, 0.2) is 5.13 Å². The third kappa shape index (κ3) is 4.27. The molecule has 0 spiro atoms. The van der Waals surface area contributed by atoms with Crippen molar-refractivity contribution in [2.45, 2.75) is 25.3 Å². The van der Waals surface area contributed by atoms with Gasteiger partial charge in [0.1, 0.15) is 6.54 Å². The molecule has 6 nitrogen and oxygen atoms in total. The van der Waals surface area contributed by atoms with Crippen molar-refractivity contribution in [3.05, 3.63) is 44.2 Å². The SMILES string of the molecule is O=C(Cn1cc(Br)ccc1=O)Nc1ncc(C2CCNCC2)s1. The van der Waals surface area contributed by atoms with Crippen LogP contribution in [0, 0.1) is 0 Å². The molecule has 0 saturated carbocycles. The number of nitrogens with one attached hydrogen (secondary N) is 2. The minimum atomic E-state index is -0.253. The average molecular weight is 397 g/mol. The van der Waals surface area contributed by atoms with Gasteiger partial charge >= 0.3 is 0 Å². The highest BCUT2D eigenvalue weighted by Crippen LogP contribution is 2.31. The number of amides is 1. The maximum Gasteiger partial charge on any atom is 0.251 e. The zero-order chi connectivity index (χ0) is 16.2. The van der Waals surface area contributed by atoms with Crippen LogP contribution in [-0.2, 0) is 11.3 Å². The summed E-state index contributed by atoms with van der Waals surface area (Å²) in [6.45, 7) is 2.02. The molecule has 8 heteroatoms. The summed E-state index contributed by atoms with van der Waals surface area (Å²) in [5, 5.41) is 6.70. The van der Waals surface area contributed by atoms with Crippen LogP contribution in [0.5, 0.6) is 0 Å². The Morgan fingerprint density at radius 3 is 3.00 bits per heavy atom. The molecule has 0 atom stereocenters. The molecule has 23 heavy (non-hydrogen) atoms. The molecule has 1 aliphatic heterocycles. The molecule has 1 saturated heterocycles. The zero-order valence-corrected chi connectivity index (χ0v) is 14.8. The molecular weight excluding hydrogens is 380 g/mol. The molecule has 2 N–H and O–H groups in total. The van der Waals surface area contributed by atoms with E-state index in [0.29, 0.717) is 11.0 Å². The van der Waals surface area contributed by atoms with Crippen molar-refractivity contribution in [1.29, 1.82) is 0 Å². The number of rotatable bonds is 4. The van der Waals surface area contributed by atoms with Gasteiger partial charge in [-0.25, -0.2) is 4.98 Å². The molecular formula is C15H17BrN4O2S. The largest absolute Gasteiger partial charge is 0.317 e. The fourth-order valence-electron chi connectivity index (χ4n) is 2.58. The lowest BCUT2D eigenvalue weighted by atomic mass is 9.97. The third-order valence-electron chi connectivity index (χ3n) is 3.77. The minimum Gasteiger partial charge on any atom is -0.317 e. The predicted molar refractivity (Wildman–Crippen MR) is 94.0 cm³/mol. The number of carbonyl (C=O) groups is 1. The van der Waals surface area contributed by atoms with Crippen molar-refractivity contribution < 1.29 is 4.79 Å². The van der Waals surface area contributed by atoms with E-state index < -0.39 is 0 Å². The molecule has 1 fully saturated rings. The van der Waals surface area contributed by atoms with Crippen LogP contribution < -0.4 is 16.2 Å². The van der Waals surface area contributed by atoms with Gasteiger partial charge in [-0.2, -0.15) is 0 Å². The van der Waals surface area contributed by atoms with E-state index in [4.69, 9.17) is 0 Å². The molecule has 3 rings (SSSR count). The number of nitrogens with zero attached hydrogens (tertiary/aromatic N) is 2. The highest BCUT2D eigenvalue weighted by atomic mass is 79.9. The summed E-state index contributed by atoms with van der Waals surface area (Å²) in [6, 6.07) is 3.08. The molecule has 0 unspecified atom stereocenters. The molecule has 3 heterocycles. The normalized spacial score (nSPS) is 15.5. The van der Waals surface area contributed by atoms with Gasteiger partial charge in [0.25, 0.3) is 5.56 Å². The Balaban J connectivity index is 1.63. The van der Waals surface area contributed by atoms with E-state index in [1.165, 1.54) is 26.8 Å². The van der Waals surface area contributed by atoms with Gasteiger partial charge in [-0.1, -0.05) is 0 Å². The number of thiazole rings is 1. The topological polar surface area (TPSA) is 76.0 Å². The smallest absolute Gasteiger partial charge is 0.251 e. The van der Waals surface area contributed by atoms with Gasteiger partial charge in [-0.3, -0.25) is 9.59 Å². The van der Waals surface area contributed by atoms with Crippen molar-refractivity contribution in [3.8, 4) is 0 Å². The van der Waals surface area contributed by atoms with Crippen molar-refractivity contribution in [1.82, 2.24) is 14.9 Å². The average Bonchev–Trinajstić information content (AvgIpc) is 3.00. The van der Waals surface area contributed by atoms with E-state index in [9.17, 15) is 9.59 Å². The molecule has 1 amide bonds. The maximum absolute atomic E-state index is 12.1. The summed E-state index contributed by atoms with van der Waals surface area (Å²) >= 11 is 4.81. The number of anilines is 1. The number of piperidine rings is 1. The van der Waals surface area contributed by atoms with Crippen LogP contribution in [-0.4, -0.2) is 28.5 Å². The van der Waals surface area contributed by atoms with Crippen LogP contribution in [0.25, 0.3) is 0 Å². The van der Waals surface area contributed by atoms with Crippen molar-refractivity contribution in [3.63, 3.8) is 0 Å². The summed E-state index contributed by atoms with van der Waals surface area (Å²) in [6.07, 6.45) is 5.65. The lowest BCUT2D eigenvalue weighted by Gasteiger charge is -2.20. The number of hydrogen-bond donors (Lipinski definition) is 2. The quantitative estimate of drug-likeness (QED) is 0.829. The van der Waals surface area contributed by atoms with Gasteiger partial charge in [0.2, 0.25) is 5.91 Å². The molecule has 0 radical (unpaired) electrons. The van der Waals surface area contributed by atoms with Crippen LogP contribution in [0.3, 0.4) is 0 Å². The number of aromatic nitrogens is 2. The fraction of sp³-hybridized carbons (Fsp3) is 0.400. The first-order chi connectivity index (χ1) is 11.1. The Labute approximate surface area is 146 Å². The monoisotopic (exact) mass is 396 g/mol. The van der Waals surface area contributed by atoms with Crippen LogP contribution in [0.15, 0.2) is 33.8 Å². The Morgan fingerprint density at radius 1 is 1.43 bits per heavy atom. The summed E-state index contributed by atoms with van der Waals surface area (Å²) in [5.41, 5.74) is -0.210. The molecule has 2 aromatic rings. The molecule has 0 aromatic carbocycles. The van der Waals surface area contributed by atoms with Crippen molar-refractivity contribution >= 4 is 38.3 Å². The second-order valence-corrected chi connectivity index (χ2v) is 7.43. The van der Waals surface area contributed by atoms with Gasteiger partial charge in [-0.15, -0.1) is 11.3 Å². The summed E-state index contributed by atoms with van der Waals surface area (Å²) < 4.78 is 2.12. The zero-order valence-electron chi connectivity index (χ0n) is 12.4. The minimum absolute atomic E-state index is 0.0272.